The molecule has 0 nitrogen and oxygen atoms in total. The van der Waals surface area contributed by atoms with Crippen molar-refractivity contribution in [3.05, 3.63) is 0 Å². The molecule has 2 atom stereocenters. The maximum absolute atomic E-state index is 2.42. The Morgan fingerprint density at radius 1 is 0.750 bits per heavy atom. The Bertz CT molecular complexity index is 132. The molecule has 12 heavy (non-hydrogen) atoms. The first kappa shape index (κ1) is 10.2. The van der Waals surface area contributed by atoms with Crippen molar-refractivity contribution in [2.24, 2.45) is 0 Å². The van der Waals surface area contributed by atoms with Crippen LogP contribution in [-0.4, -0.2) is 15.7 Å². The van der Waals surface area contributed by atoms with Crippen molar-refractivity contribution in [3.8, 4) is 0 Å². The van der Waals surface area contributed by atoms with E-state index in [2.05, 4.69) is 29.5 Å². The van der Waals surface area contributed by atoms with Gasteiger partial charge in [-0.1, -0.05) is 63.0 Å². The van der Waals surface area contributed by atoms with Crippen LogP contribution in [0.5, 0.6) is 0 Å². The third kappa shape index (κ3) is 3.25. The van der Waals surface area contributed by atoms with Crippen LogP contribution >= 0.6 is 0 Å². The second kappa shape index (κ2) is 3.47. The summed E-state index contributed by atoms with van der Waals surface area (Å²) in [6.07, 6.45) is 8.58. The molecular weight excluding hydrogens is 142 g/mol. The number of hydrogen-bond acceptors (Lipinski definition) is 0. The van der Waals surface area contributed by atoms with Gasteiger partial charge in [-0.2, -0.15) is 0 Å². The molecule has 0 bridgehead atoms. The average molecular weight is 164 g/mol. The van der Waals surface area contributed by atoms with Crippen molar-refractivity contribution >= 4 is 15.7 Å². The first-order valence-corrected chi connectivity index (χ1v) is 5.41. The maximum atomic E-state index is 2.42. The van der Waals surface area contributed by atoms with Crippen LogP contribution < -0.4 is 0 Å². The van der Waals surface area contributed by atoms with Gasteiger partial charge in [0, 0.05) is 0 Å². The second-order valence-corrected chi connectivity index (χ2v) is 6.04. The molecule has 0 aromatic heterocycles. The molecule has 0 radical (unpaired) electrons. The molecular formula is C10H22B2. The van der Waals surface area contributed by atoms with Gasteiger partial charge in [0.15, 0.2) is 0 Å². The van der Waals surface area contributed by atoms with Crippen molar-refractivity contribution in [2.45, 2.75) is 63.0 Å². The van der Waals surface area contributed by atoms with Gasteiger partial charge in [-0.25, -0.2) is 0 Å². The van der Waals surface area contributed by atoms with E-state index in [0.29, 0.717) is 10.6 Å². The van der Waals surface area contributed by atoms with E-state index in [0.717, 1.165) is 0 Å². The maximum Gasteiger partial charge on any atom is 0.109 e. The fourth-order valence-corrected chi connectivity index (χ4v) is 2.13. The lowest BCUT2D eigenvalue weighted by Gasteiger charge is -2.34. The van der Waals surface area contributed by atoms with E-state index < -0.39 is 0 Å². The molecule has 0 amide bonds. The Hall–Kier alpha value is 0.130. The lowest BCUT2D eigenvalue weighted by Crippen LogP contribution is -2.17. The monoisotopic (exact) mass is 164 g/mol. The minimum Gasteiger partial charge on any atom is -0.0669 e. The van der Waals surface area contributed by atoms with Gasteiger partial charge in [-0.3, -0.25) is 0 Å². The van der Waals surface area contributed by atoms with Crippen LogP contribution in [0.1, 0.15) is 52.4 Å². The Morgan fingerprint density at radius 2 is 1.08 bits per heavy atom. The van der Waals surface area contributed by atoms with Gasteiger partial charge in [0.1, 0.15) is 15.7 Å². The zero-order chi connectivity index (χ0) is 9.24. The SMILES string of the molecule is BC1(C)CCCCC(B)(C)CC1. The number of rotatable bonds is 0. The molecule has 1 fully saturated rings. The fourth-order valence-electron chi connectivity index (χ4n) is 2.13. The summed E-state index contributed by atoms with van der Waals surface area (Å²) in [6.45, 7) is 4.85. The molecule has 0 aromatic carbocycles. The van der Waals surface area contributed by atoms with E-state index in [1.807, 2.05) is 0 Å². The molecule has 2 unspecified atom stereocenters. The van der Waals surface area contributed by atoms with Gasteiger partial charge in [0.05, 0.1) is 0 Å². The quantitative estimate of drug-likeness (QED) is 0.480. The van der Waals surface area contributed by atoms with Crippen LogP contribution in [0.25, 0.3) is 0 Å². The third-order valence-electron chi connectivity index (χ3n) is 3.44. The van der Waals surface area contributed by atoms with Crippen molar-refractivity contribution in [2.75, 3.05) is 0 Å². The zero-order valence-corrected chi connectivity index (χ0v) is 9.24. The summed E-state index contributed by atoms with van der Waals surface area (Å²) < 4.78 is 0. The topological polar surface area (TPSA) is 0 Å². The highest BCUT2D eigenvalue weighted by molar-refractivity contribution is 6.16. The zero-order valence-electron chi connectivity index (χ0n) is 9.24. The molecule has 1 aliphatic rings. The van der Waals surface area contributed by atoms with Gasteiger partial charge in [-0.15, -0.1) is 0 Å². The highest BCUT2D eigenvalue weighted by Gasteiger charge is 2.26. The fraction of sp³-hybridized carbons (Fsp3) is 1.00. The van der Waals surface area contributed by atoms with Crippen LogP contribution in [0.15, 0.2) is 0 Å². The molecule has 2 heteroatoms. The van der Waals surface area contributed by atoms with Crippen LogP contribution in [0.4, 0.5) is 0 Å². The molecule has 0 aliphatic heterocycles. The Kier molecular flexibility index (Phi) is 2.96. The molecule has 0 saturated heterocycles. The lowest BCUT2D eigenvalue weighted by molar-refractivity contribution is 0.367. The van der Waals surface area contributed by atoms with Gasteiger partial charge >= 0.3 is 0 Å². The highest BCUT2D eigenvalue weighted by Crippen LogP contribution is 2.44. The van der Waals surface area contributed by atoms with Crippen LogP contribution in [0.3, 0.4) is 0 Å². The van der Waals surface area contributed by atoms with Crippen molar-refractivity contribution < 1.29 is 0 Å². The van der Waals surface area contributed by atoms with Gasteiger partial charge < -0.3 is 0 Å². The Labute approximate surface area is 79.3 Å². The smallest absolute Gasteiger partial charge is 0.0669 e. The van der Waals surface area contributed by atoms with Crippen LogP contribution in [0.2, 0.25) is 10.6 Å². The van der Waals surface area contributed by atoms with E-state index in [1.165, 1.54) is 38.5 Å². The summed E-state index contributed by atoms with van der Waals surface area (Å²) in [5.74, 6) is 0. The summed E-state index contributed by atoms with van der Waals surface area (Å²) >= 11 is 0. The normalized spacial score (nSPS) is 44.8. The standard InChI is InChI=1S/C10H22B2/c1-9(11)5-3-4-6-10(2,12)8-7-9/h3-8,11-12H2,1-2H3. The summed E-state index contributed by atoms with van der Waals surface area (Å²) in [5.41, 5.74) is 0. The number of hydrogen-bond donors (Lipinski definition) is 0. The highest BCUT2D eigenvalue weighted by atomic mass is 14.3. The van der Waals surface area contributed by atoms with Crippen molar-refractivity contribution in [1.82, 2.24) is 0 Å². The van der Waals surface area contributed by atoms with Gasteiger partial charge in [0.2, 0.25) is 0 Å². The predicted octanol–water partition coefficient (Wildman–Crippen LogP) is 1.96. The van der Waals surface area contributed by atoms with Crippen LogP contribution in [0, 0.1) is 0 Å². The van der Waals surface area contributed by atoms with Gasteiger partial charge in [-0.05, 0) is 0 Å². The predicted molar refractivity (Wildman–Crippen MR) is 61.5 cm³/mol. The summed E-state index contributed by atoms with van der Waals surface area (Å²) in [7, 11) is 4.85. The van der Waals surface area contributed by atoms with Crippen molar-refractivity contribution in [1.29, 1.82) is 0 Å². The molecule has 0 aromatic rings. The largest absolute Gasteiger partial charge is 0.109 e. The lowest BCUT2D eigenvalue weighted by atomic mass is 9.56. The van der Waals surface area contributed by atoms with E-state index >= 15 is 0 Å². The minimum absolute atomic E-state index is 0.609. The molecule has 1 saturated carbocycles. The summed E-state index contributed by atoms with van der Waals surface area (Å²) in [4.78, 5) is 0. The molecule has 1 aliphatic carbocycles. The molecule has 0 spiro atoms. The Morgan fingerprint density at radius 3 is 1.42 bits per heavy atom. The van der Waals surface area contributed by atoms with E-state index in [9.17, 15) is 0 Å². The first-order chi connectivity index (χ1) is 5.41. The van der Waals surface area contributed by atoms with Gasteiger partial charge in [0.25, 0.3) is 0 Å². The Balaban J connectivity index is 2.51. The molecule has 68 valence electrons. The molecule has 0 N–H and O–H groups in total. The van der Waals surface area contributed by atoms with E-state index in [1.54, 1.807) is 0 Å². The summed E-state index contributed by atoms with van der Waals surface area (Å²) in [5, 5.41) is 1.22. The minimum atomic E-state index is 0.609. The van der Waals surface area contributed by atoms with Crippen molar-refractivity contribution in [3.63, 3.8) is 0 Å². The second-order valence-electron chi connectivity index (χ2n) is 6.04. The van der Waals surface area contributed by atoms with E-state index in [-0.39, 0.29) is 0 Å². The first-order valence-electron chi connectivity index (χ1n) is 5.41. The van der Waals surface area contributed by atoms with E-state index in [4.69, 9.17) is 0 Å². The van der Waals surface area contributed by atoms with Crippen LogP contribution in [-0.2, 0) is 0 Å². The summed E-state index contributed by atoms with van der Waals surface area (Å²) in [6, 6.07) is 0. The molecule has 1 rings (SSSR count). The molecule has 0 heterocycles. The third-order valence-corrected chi connectivity index (χ3v) is 3.44. The average Bonchev–Trinajstić information content (AvgIpc) is 1.94.